The smallest absolute Gasteiger partial charge is 0.306 e. The van der Waals surface area contributed by atoms with Crippen LogP contribution >= 0.6 is 0 Å². The van der Waals surface area contributed by atoms with Crippen LogP contribution in [-0.2, 0) is 19.1 Å². The van der Waals surface area contributed by atoms with Gasteiger partial charge in [0.25, 0.3) is 0 Å². The molecule has 1 heterocycles. The van der Waals surface area contributed by atoms with Gasteiger partial charge in [-0.3, -0.25) is 9.59 Å². The zero-order valence-electron chi connectivity index (χ0n) is 21.3. The molecule has 184 valence electrons. The Labute approximate surface area is 198 Å². The fraction of sp³-hybridized carbons (Fsp3) is 0.929. The molecule has 0 amide bonds. The second-order valence-electron chi connectivity index (χ2n) is 14.0. The van der Waals surface area contributed by atoms with Crippen LogP contribution in [0.15, 0.2) is 0 Å². The summed E-state index contributed by atoms with van der Waals surface area (Å²) in [6.07, 6.45) is 7.38. The largest absolute Gasteiger partial charge is 0.462 e. The lowest BCUT2D eigenvalue weighted by molar-refractivity contribution is -0.221. The van der Waals surface area contributed by atoms with Gasteiger partial charge in [-0.1, -0.05) is 34.6 Å². The molecule has 1 N–H and O–H groups in total. The highest BCUT2D eigenvalue weighted by molar-refractivity contribution is 5.71. The summed E-state index contributed by atoms with van der Waals surface area (Å²) in [5.74, 6) is 1.30. The predicted molar refractivity (Wildman–Crippen MR) is 123 cm³/mol. The van der Waals surface area contributed by atoms with E-state index in [-0.39, 0.29) is 69.2 Å². The van der Waals surface area contributed by atoms with Gasteiger partial charge in [0, 0.05) is 24.7 Å². The molecule has 33 heavy (non-hydrogen) atoms. The molecule has 1 aliphatic heterocycles. The van der Waals surface area contributed by atoms with Crippen LogP contribution in [0.1, 0.15) is 92.9 Å². The fourth-order valence-corrected chi connectivity index (χ4v) is 11.5. The number of esters is 2. The van der Waals surface area contributed by atoms with E-state index in [1.54, 1.807) is 6.92 Å². The first-order valence-corrected chi connectivity index (χ1v) is 13.4. The van der Waals surface area contributed by atoms with Crippen LogP contribution in [0.2, 0.25) is 0 Å². The third-order valence-corrected chi connectivity index (χ3v) is 12.8. The summed E-state index contributed by atoms with van der Waals surface area (Å²) in [5, 5.41) is 10.9. The Kier molecular flexibility index (Phi) is 4.31. The van der Waals surface area contributed by atoms with E-state index in [0.717, 1.165) is 25.7 Å². The number of aliphatic hydroxyl groups excluding tert-OH is 1. The first kappa shape index (κ1) is 22.4. The summed E-state index contributed by atoms with van der Waals surface area (Å²) in [5.41, 5.74) is 0.146. The van der Waals surface area contributed by atoms with E-state index in [4.69, 9.17) is 9.47 Å². The molecule has 0 radical (unpaired) electrons. The molecule has 0 aromatic heterocycles. The standard InChI is InChI=1S/C28H42O5/c1-15-11-22(31)33-17-12-25(5)19-8-7-18-24(3,4)20(30)9-10-27(18)14-28(19,27)13-21(32-16(2)29)26(25,6)23(15)17/h15,17-21,23,30H,7-14H2,1-6H3/t15-,17+,18?,19?,20+,21-,23-,25+,26-,27-,28+/m1/s1. The molecule has 0 aromatic rings. The number of carbonyl (C=O) groups excluding carboxylic acids is 2. The minimum atomic E-state index is -0.231. The van der Waals surface area contributed by atoms with E-state index in [1.807, 2.05) is 0 Å². The highest BCUT2D eigenvalue weighted by Crippen LogP contribution is 2.89. The van der Waals surface area contributed by atoms with Gasteiger partial charge >= 0.3 is 11.9 Å². The molecule has 11 atom stereocenters. The molecular weight excluding hydrogens is 416 g/mol. The van der Waals surface area contributed by atoms with Crippen LogP contribution < -0.4 is 0 Å². The molecule has 5 saturated carbocycles. The van der Waals surface area contributed by atoms with Crippen LogP contribution in [0.4, 0.5) is 0 Å². The van der Waals surface area contributed by atoms with Gasteiger partial charge in [0.05, 0.1) is 6.10 Å². The summed E-state index contributed by atoms with van der Waals surface area (Å²) >= 11 is 0. The lowest BCUT2D eigenvalue weighted by Gasteiger charge is -2.64. The van der Waals surface area contributed by atoms with Crippen LogP contribution in [-0.4, -0.2) is 35.4 Å². The fourth-order valence-electron chi connectivity index (χ4n) is 11.5. The highest BCUT2D eigenvalue weighted by Gasteiger charge is 2.85. The normalized spacial score (nSPS) is 58.0. The summed E-state index contributed by atoms with van der Waals surface area (Å²) in [4.78, 5) is 24.8. The highest BCUT2D eigenvalue weighted by atomic mass is 16.6. The molecule has 0 aromatic carbocycles. The Morgan fingerprint density at radius 2 is 1.76 bits per heavy atom. The number of carbonyl (C=O) groups is 2. The molecule has 1 saturated heterocycles. The minimum absolute atomic E-state index is 0.0335. The van der Waals surface area contributed by atoms with Crippen molar-refractivity contribution < 1.29 is 24.2 Å². The van der Waals surface area contributed by atoms with Crippen molar-refractivity contribution in [3.63, 3.8) is 0 Å². The monoisotopic (exact) mass is 458 g/mol. The molecular formula is C28H42O5. The third kappa shape index (κ3) is 2.39. The van der Waals surface area contributed by atoms with Crippen molar-refractivity contribution in [2.75, 3.05) is 0 Å². The Bertz CT molecular complexity index is 912. The second-order valence-corrected chi connectivity index (χ2v) is 14.0. The van der Waals surface area contributed by atoms with Gasteiger partial charge < -0.3 is 14.6 Å². The van der Waals surface area contributed by atoms with Gasteiger partial charge in [-0.15, -0.1) is 0 Å². The third-order valence-electron chi connectivity index (χ3n) is 12.8. The van der Waals surface area contributed by atoms with Crippen LogP contribution in [0.3, 0.4) is 0 Å². The van der Waals surface area contributed by atoms with Crippen molar-refractivity contribution in [2.45, 2.75) is 111 Å². The van der Waals surface area contributed by atoms with Crippen LogP contribution in [0.25, 0.3) is 0 Å². The van der Waals surface area contributed by atoms with Crippen molar-refractivity contribution in [1.29, 1.82) is 0 Å². The maximum atomic E-state index is 12.4. The van der Waals surface area contributed by atoms with E-state index in [9.17, 15) is 14.7 Å². The molecule has 5 aliphatic carbocycles. The number of aliphatic hydroxyl groups is 1. The van der Waals surface area contributed by atoms with Crippen molar-refractivity contribution in [3.05, 3.63) is 0 Å². The van der Waals surface area contributed by atoms with Gasteiger partial charge in [0.15, 0.2) is 0 Å². The van der Waals surface area contributed by atoms with Crippen molar-refractivity contribution in [2.24, 2.45) is 50.7 Å². The summed E-state index contributed by atoms with van der Waals surface area (Å²) < 4.78 is 12.3. The Morgan fingerprint density at radius 1 is 1.06 bits per heavy atom. The Balaban J connectivity index is 1.47. The van der Waals surface area contributed by atoms with Gasteiger partial charge in [-0.2, -0.15) is 0 Å². The van der Waals surface area contributed by atoms with Crippen molar-refractivity contribution >= 4 is 11.9 Å². The van der Waals surface area contributed by atoms with Gasteiger partial charge in [0.2, 0.25) is 0 Å². The second kappa shape index (κ2) is 6.36. The molecule has 5 nitrogen and oxygen atoms in total. The van der Waals surface area contributed by atoms with Gasteiger partial charge in [0.1, 0.15) is 12.2 Å². The number of fused-ring (bicyclic) bond motifs is 4. The number of hydrogen-bond acceptors (Lipinski definition) is 5. The lowest BCUT2D eigenvalue weighted by atomic mass is 9.41. The predicted octanol–water partition coefficient (Wildman–Crippen LogP) is 4.89. The molecule has 5 heteroatoms. The molecule has 2 unspecified atom stereocenters. The van der Waals surface area contributed by atoms with Crippen molar-refractivity contribution in [3.8, 4) is 0 Å². The Morgan fingerprint density at radius 3 is 2.45 bits per heavy atom. The topological polar surface area (TPSA) is 72.8 Å². The summed E-state index contributed by atoms with van der Waals surface area (Å²) in [7, 11) is 0. The number of ether oxygens (including phenoxy) is 2. The summed E-state index contributed by atoms with van der Waals surface area (Å²) in [6.45, 7) is 13.1. The zero-order chi connectivity index (χ0) is 23.8. The molecule has 6 rings (SSSR count). The average Bonchev–Trinajstić information content (AvgIpc) is 3.28. The maximum absolute atomic E-state index is 12.4. The number of rotatable bonds is 1. The van der Waals surface area contributed by atoms with E-state index >= 15 is 0 Å². The molecule has 6 fully saturated rings. The van der Waals surface area contributed by atoms with Gasteiger partial charge in [-0.05, 0) is 84.4 Å². The number of hydrogen-bond donors (Lipinski definition) is 1. The molecule has 6 aliphatic rings. The van der Waals surface area contributed by atoms with E-state index < -0.39 is 0 Å². The van der Waals surface area contributed by atoms with E-state index in [0.29, 0.717) is 18.3 Å². The summed E-state index contributed by atoms with van der Waals surface area (Å²) in [6, 6.07) is 0. The zero-order valence-corrected chi connectivity index (χ0v) is 21.3. The minimum Gasteiger partial charge on any atom is -0.462 e. The van der Waals surface area contributed by atoms with Crippen molar-refractivity contribution in [1.82, 2.24) is 0 Å². The van der Waals surface area contributed by atoms with E-state index in [2.05, 4.69) is 34.6 Å². The Hall–Kier alpha value is -1.10. The van der Waals surface area contributed by atoms with Crippen LogP contribution in [0, 0.1) is 50.7 Å². The van der Waals surface area contributed by atoms with E-state index in [1.165, 1.54) is 19.3 Å². The lowest BCUT2D eigenvalue weighted by Crippen LogP contribution is -2.63. The first-order chi connectivity index (χ1) is 15.3. The SMILES string of the molecule is CC(=O)O[C@@H]1C[C@@]23C[C@@]24CC[C@H](O)C(C)(C)C4CCC3[C@]2(C)C[C@@H]3OC(=O)C[C@@H](C)[C@H]3[C@@]12C. The maximum Gasteiger partial charge on any atom is 0.306 e. The van der Waals surface area contributed by atoms with Gasteiger partial charge in [-0.25, -0.2) is 0 Å². The first-order valence-electron chi connectivity index (χ1n) is 13.4. The quantitative estimate of drug-likeness (QED) is 0.567. The molecule has 0 bridgehead atoms. The molecule has 2 spiro atoms. The average molecular weight is 459 g/mol. The van der Waals surface area contributed by atoms with Crippen LogP contribution in [0.5, 0.6) is 0 Å².